The molecule has 0 aliphatic carbocycles. The lowest BCUT2D eigenvalue weighted by Crippen LogP contribution is -2.51. The number of piperidine rings is 2. The molecule has 0 aromatic rings. The molecule has 2 rings (SSSR count). The summed E-state index contributed by atoms with van der Waals surface area (Å²) in [5, 5.41) is 3.53. The third-order valence-corrected chi connectivity index (χ3v) is 7.93. The third kappa shape index (κ3) is 10.1. The number of unbranched alkanes of at least 4 members (excludes halogenated alkanes) is 12. The van der Waals surface area contributed by atoms with Gasteiger partial charge < -0.3 is 9.80 Å². The van der Waals surface area contributed by atoms with Gasteiger partial charge >= 0.3 is 0 Å². The zero-order valence-electron chi connectivity index (χ0n) is 19.7. The van der Waals surface area contributed by atoms with Crippen molar-refractivity contribution in [2.24, 2.45) is 11.8 Å². The van der Waals surface area contributed by atoms with Gasteiger partial charge in [0.25, 0.3) is 0 Å². The Labute approximate surface area is 177 Å². The maximum atomic E-state index is 3.53. The van der Waals surface area contributed by atoms with E-state index in [0.717, 1.165) is 11.8 Å². The number of likely N-dealkylation sites (tertiary alicyclic amines) is 1. The Morgan fingerprint density at radius 1 is 0.607 bits per heavy atom. The normalized spacial score (nSPS) is 26.6. The molecule has 166 valence electrons. The molecule has 0 unspecified atom stereocenters. The van der Waals surface area contributed by atoms with Crippen LogP contribution < -0.4 is 5.32 Å². The standard InChI is InChI=1S/C26H53N2/c1-3-4-5-6-7-8-9-10-11-12-13-14-15-22-28(2)23-18-26(19-24-28)25-16-20-27-21-17-25/h25-27H,3-24H2,1-2H3/q+1. The van der Waals surface area contributed by atoms with Crippen LogP contribution in [0, 0.1) is 11.8 Å². The molecule has 2 aliphatic heterocycles. The van der Waals surface area contributed by atoms with E-state index in [-0.39, 0.29) is 0 Å². The maximum absolute atomic E-state index is 3.53. The second kappa shape index (κ2) is 14.8. The van der Waals surface area contributed by atoms with Gasteiger partial charge in [-0.2, -0.15) is 0 Å². The SMILES string of the molecule is CCCCCCCCCCCCCCC[N+]1(C)CCC(C2CCNCC2)CC1. The highest BCUT2D eigenvalue weighted by molar-refractivity contribution is 4.78. The van der Waals surface area contributed by atoms with Crippen LogP contribution in [0.5, 0.6) is 0 Å². The minimum absolute atomic E-state index is 1.03. The number of hydrogen-bond acceptors (Lipinski definition) is 1. The molecule has 2 nitrogen and oxygen atoms in total. The summed E-state index contributed by atoms with van der Waals surface area (Å²) in [6.45, 7) is 9.19. The number of hydrogen-bond donors (Lipinski definition) is 1. The van der Waals surface area contributed by atoms with E-state index in [1.54, 1.807) is 0 Å². The topological polar surface area (TPSA) is 12.0 Å². The van der Waals surface area contributed by atoms with E-state index < -0.39 is 0 Å². The molecule has 0 bridgehead atoms. The average molecular weight is 394 g/mol. The highest BCUT2D eigenvalue weighted by Crippen LogP contribution is 2.33. The zero-order chi connectivity index (χ0) is 19.9. The van der Waals surface area contributed by atoms with Gasteiger partial charge in [0.05, 0.1) is 26.7 Å². The summed E-state index contributed by atoms with van der Waals surface area (Å²) in [6.07, 6.45) is 25.0. The Hall–Kier alpha value is -0.0800. The van der Waals surface area contributed by atoms with Crippen LogP contribution in [0.1, 0.15) is 116 Å². The Kier molecular flexibility index (Phi) is 12.8. The van der Waals surface area contributed by atoms with E-state index in [4.69, 9.17) is 0 Å². The van der Waals surface area contributed by atoms with E-state index in [1.165, 1.54) is 146 Å². The molecule has 28 heavy (non-hydrogen) atoms. The van der Waals surface area contributed by atoms with Gasteiger partial charge in [0, 0.05) is 0 Å². The van der Waals surface area contributed by atoms with Crippen LogP contribution in [0.25, 0.3) is 0 Å². The summed E-state index contributed by atoms with van der Waals surface area (Å²) in [5.74, 6) is 2.08. The van der Waals surface area contributed by atoms with Crippen molar-refractivity contribution in [2.45, 2.75) is 116 Å². The van der Waals surface area contributed by atoms with Crippen molar-refractivity contribution in [1.82, 2.24) is 5.32 Å². The van der Waals surface area contributed by atoms with Crippen LogP contribution in [0.4, 0.5) is 0 Å². The quantitative estimate of drug-likeness (QED) is 0.235. The van der Waals surface area contributed by atoms with Crippen molar-refractivity contribution in [2.75, 3.05) is 39.8 Å². The molecule has 0 aromatic heterocycles. The molecule has 0 aromatic carbocycles. The van der Waals surface area contributed by atoms with Gasteiger partial charge in [0.2, 0.25) is 0 Å². The second-order valence-corrected chi connectivity index (χ2v) is 10.5. The number of nitrogens with zero attached hydrogens (tertiary/aromatic N) is 1. The van der Waals surface area contributed by atoms with E-state index in [9.17, 15) is 0 Å². The van der Waals surface area contributed by atoms with Gasteiger partial charge in [-0.1, -0.05) is 77.6 Å². The fourth-order valence-corrected chi connectivity index (χ4v) is 5.73. The van der Waals surface area contributed by atoms with Gasteiger partial charge in [-0.25, -0.2) is 0 Å². The van der Waals surface area contributed by atoms with Crippen molar-refractivity contribution < 1.29 is 4.48 Å². The lowest BCUT2D eigenvalue weighted by molar-refractivity contribution is -0.915. The Morgan fingerprint density at radius 2 is 1.04 bits per heavy atom. The van der Waals surface area contributed by atoms with E-state index in [1.807, 2.05) is 0 Å². The van der Waals surface area contributed by atoms with Crippen LogP contribution in [0.3, 0.4) is 0 Å². The van der Waals surface area contributed by atoms with Crippen LogP contribution in [-0.2, 0) is 0 Å². The first kappa shape index (κ1) is 24.2. The number of rotatable bonds is 15. The summed E-state index contributed by atoms with van der Waals surface area (Å²) >= 11 is 0. The molecule has 0 amide bonds. The molecule has 0 atom stereocenters. The van der Waals surface area contributed by atoms with Gasteiger partial charge in [-0.05, 0) is 63.5 Å². The Bertz CT molecular complexity index is 353. The summed E-state index contributed by atoms with van der Waals surface area (Å²) in [6, 6.07) is 0. The highest BCUT2D eigenvalue weighted by Gasteiger charge is 2.33. The fourth-order valence-electron chi connectivity index (χ4n) is 5.73. The molecule has 2 heteroatoms. The lowest BCUT2D eigenvalue weighted by Gasteiger charge is -2.43. The fraction of sp³-hybridized carbons (Fsp3) is 1.00. The maximum Gasteiger partial charge on any atom is 0.0787 e. The Balaban J connectivity index is 1.38. The Morgan fingerprint density at radius 3 is 1.54 bits per heavy atom. The smallest absolute Gasteiger partial charge is 0.0787 e. The third-order valence-electron chi connectivity index (χ3n) is 7.93. The molecule has 2 aliphatic rings. The van der Waals surface area contributed by atoms with E-state index >= 15 is 0 Å². The van der Waals surface area contributed by atoms with E-state index in [0.29, 0.717) is 0 Å². The predicted molar refractivity (Wildman–Crippen MR) is 125 cm³/mol. The molecular formula is C26H53N2+. The van der Waals surface area contributed by atoms with Gasteiger partial charge in [0.1, 0.15) is 0 Å². The average Bonchev–Trinajstić information content (AvgIpc) is 2.73. The predicted octanol–water partition coefficient (Wildman–Crippen LogP) is 6.93. The van der Waals surface area contributed by atoms with Gasteiger partial charge in [0.15, 0.2) is 0 Å². The number of nitrogens with one attached hydrogen (secondary N) is 1. The molecule has 0 radical (unpaired) electrons. The van der Waals surface area contributed by atoms with Gasteiger partial charge in [-0.3, -0.25) is 0 Å². The largest absolute Gasteiger partial charge is 0.326 e. The summed E-state index contributed by atoms with van der Waals surface area (Å²) < 4.78 is 1.37. The van der Waals surface area contributed by atoms with Crippen LogP contribution in [0.15, 0.2) is 0 Å². The minimum atomic E-state index is 1.03. The monoisotopic (exact) mass is 393 g/mol. The minimum Gasteiger partial charge on any atom is -0.326 e. The molecule has 0 saturated carbocycles. The first-order chi connectivity index (χ1) is 13.7. The van der Waals surface area contributed by atoms with Crippen molar-refractivity contribution in [1.29, 1.82) is 0 Å². The molecule has 0 spiro atoms. The van der Waals surface area contributed by atoms with Crippen molar-refractivity contribution in [3.05, 3.63) is 0 Å². The van der Waals surface area contributed by atoms with Crippen molar-refractivity contribution in [3.8, 4) is 0 Å². The van der Waals surface area contributed by atoms with Crippen LogP contribution in [0.2, 0.25) is 0 Å². The highest BCUT2D eigenvalue weighted by atomic mass is 15.3. The van der Waals surface area contributed by atoms with Crippen molar-refractivity contribution in [3.63, 3.8) is 0 Å². The first-order valence-corrected chi connectivity index (χ1v) is 13.3. The van der Waals surface area contributed by atoms with Crippen LogP contribution in [-0.4, -0.2) is 44.3 Å². The molecule has 2 fully saturated rings. The van der Waals surface area contributed by atoms with E-state index in [2.05, 4.69) is 19.3 Å². The number of quaternary nitrogens is 1. The molecule has 2 heterocycles. The first-order valence-electron chi connectivity index (χ1n) is 13.3. The molecule has 2 saturated heterocycles. The van der Waals surface area contributed by atoms with Crippen LogP contribution >= 0.6 is 0 Å². The summed E-state index contributed by atoms with van der Waals surface area (Å²) in [4.78, 5) is 0. The zero-order valence-corrected chi connectivity index (χ0v) is 19.7. The molecule has 1 N–H and O–H groups in total. The molecular weight excluding hydrogens is 340 g/mol. The lowest BCUT2D eigenvalue weighted by atomic mass is 9.78. The summed E-state index contributed by atoms with van der Waals surface area (Å²) in [5.41, 5.74) is 0. The van der Waals surface area contributed by atoms with Crippen molar-refractivity contribution >= 4 is 0 Å². The van der Waals surface area contributed by atoms with Gasteiger partial charge in [-0.15, -0.1) is 0 Å². The summed E-state index contributed by atoms with van der Waals surface area (Å²) in [7, 11) is 2.54. The second-order valence-electron chi connectivity index (χ2n) is 10.5.